The van der Waals surface area contributed by atoms with Crippen molar-refractivity contribution < 1.29 is 18.7 Å². The van der Waals surface area contributed by atoms with Gasteiger partial charge in [0.1, 0.15) is 0 Å². The van der Waals surface area contributed by atoms with Crippen LogP contribution in [0.5, 0.6) is 0 Å². The molecule has 0 aliphatic heterocycles. The zero-order chi connectivity index (χ0) is 14.7. The topological polar surface area (TPSA) is 37.3 Å². The molecule has 1 aromatic heterocycles. The van der Waals surface area contributed by atoms with Crippen molar-refractivity contribution in [3.63, 3.8) is 0 Å². The van der Waals surface area contributed by atoms with Crippen molar-refractivity contribution in [2.75, 3.05) is 0 Å². The number of hydrogen-bond donors (Lipinski definition) is 1. The number of hydrogen-bond acceptors (Lipinski definition) is 3. The largest absolute Gasteiger partial charge is 0.478 e. The Bertz CT molecular complexity index is 612. The molecule has 20 heavy (non-hydrogen) atoms. The number of carboxylic acid groups (broad SMARTS) is 1. The van der Waals surface area contributed by atoms with Gasteiger partial charge < -0.3 is 5.11 Å². The summed E-state index contributed by atoms with van der Waals surface area (Å²) < 4.78 is 27.1. The van der Waals surface area contributed by atoms with Crippen molar-refractivity contribution in [3.8, 4) is 0 Å². The second-order valence-electron chi connectivity index (χ2n) is 4.28. The van der Waals surface area contributed by atoms with E-state index in [1.807, 2.05) is 23.8 Å². The van der Waals surface area contributed by atoms with Crippen molar-refractivity contribution in [2.45, 2.75) is 23.5 Å². The molecule has 0 aliphatic carbocycles. The predicted octanol–water partition coefficient (Wildman–Crippen LogP) is 4.45. The molecule has 2 nitrogen and oxygen atoms in total. The van der Waals surface area contributed by atoms with Gasteiger partial charge in [0.2, 0.25) is 0 Å². The maximum atomic E-state index is 13.8. The molecule has 0 fully saturated rings. The molecule has 0 saturated carbocycles. The van der Waals surface area contributed by atoms with Crippen LogP contribution in [0, 0.1) is 11.6 Å². The molecule has 1 aromatic carbocycles. The van der Waals surface area contributed by atoms with Gasteiger partial charge in [0.05, 0.1) is 5.56 Å². The number of halogens is 2. The van der Waals surface area contributed by atoms with Crippen LogP contribution < -0.4 is 0 Å². The van der Waals surface area contributed by atoms with E-state index in [4.69, 9.17) is 5.11 Å². The van der Waals surface area contributed by atoms with Gasteiger partial charge in [-0.05, 0) is 30.0 Å². The molecule has 0 radical (unpaired) electrons. The molecular formula is C14H12F2O2S2. The van der Waals surface area contributed by atoms with Crippen molar-refractivity contribution in [1.82, 2.24) is 0 Å². The average Bonchev–Trinajstić information content (AvgIpc) is 2.87. The van der Waals surface area contributed by atoms with E-state index in [2.05, 4.69) is 0 Å². The molecule has 6 heteroatoms. The molecule has 1 unspecified atom stereocenters. The van der Waals surface area contributed by atoms with Gasteiger partial charge in [-0.1, -0.05) is 6.92 Å². The maximum absolute atomic E-state index is 13.8. The smallest absolute Gasteiger partial charge is 0.336 e. The summed E-state index contributed by atoms with van der Waals surface area (Å²) in [6.07, 6.45) is 0.158. The SMILES string of the molecule is CC(Cc1c(C(=O)O)ccc(F)c1F)Sc1ccsc1. The van der Waals surface area contributed by atoms with E-state index in [-0.39, 0.29) is 22.8 Å². The van der Waals surface area contributed by atoms with Crippen LogP contribution in [0.4, 0.5) is 8.78 Å². The van der Waals surface area contributed by atoms with Crippen molar-refractivity contribution in [2.24, 2.45) is 0 Å². The zero-order valence-electron chi connectivity index (χ0n) is 10.6. The lowest BCUT2D eigenvalue weighted by molar-refractivity contribution is 0.0695. The first-order chi connectivity index (χ1) is 9.49. The fraction of sp³-hybridized carbons (Fsp3) is 0.214. The number of carboxylic acids is 1. The highest BCUT2D eigenvalue weighted by molar-refractivity contribution is 8.00. The highest BCUT2D eigenvalue weighted by Gasteiger charge is 2.20. The first-order valence-electron chi connectivity index (χ1n) is 5.88. The molecule has 2 aromatic rings. The number of thioether (sulfide) groups is 1. The van der Waals surface area contributed by atoms with Crippen LogP contribution in [0.3, 0.4) is 0 Å². The molecule has 0 spiro atoms. The van der Waals surface area contributed by atoms with Crippen molar-refractivity contribution in [1.29, 1.82) is 0 Å². The Morgan fingerprint density at radius 1 is 1.40 bits per heavy atom. The Labute approximate surface area is 123 Å². The lowest BCUT2D eigenvalue weighted by Gasteiger charge is -2.13. The van der Waals surface area contributed by atoms with Gasteiger partial charge in [-0.3, -0.25) is 0 Å². The van der Waals surface area contributed by atoms with E-state index >= 15 is 0 Å². The third-order valence-corrected chi connectivity index (χ3v) is 4.68. The predicted molar refractivity (Wildman–Crippen MR) is 76.7 cm³/mol. The highest BCUT2D eigenvalue weighted by Crippen LogP contribution is 2.29. The van der Waals surface area contributed by atoms with Crippen LogP contribution >= 0.6 is 23.1 Å². The third kappa shape index (κ3) is 3.37. The van der Waals surface area contributed by atoms with Crippen LogP contribution in [0.2, 0.25) is 0 Å². The number of carbonyl (C=O) groups is 1. The molecule has 0 saturated heterocycles. The maximum Gasteiger partial charge on any atom is 0.336 e. The van der Waals surface area contributed by atoms with E-state index in [1.165, 1.54) is 11.8 Å². The van der Waals surface area contributed by atoms with Gasteiger partial charge in [-0.15, -0.1) is 11.8 Å². The Balaban J connectivity index is 2.23. The van der Waals surface area contributed by atoms with Gasteiger partial charge in [0.15, 0.2) is 11.6 Å². The first-order valence-corrected chi connectivity index (χ1v) is 7.70. The standard InChI is InChI=1S/C14H12F2O2S2/c1-8(20-9-4-5-19-7-9)6-11-10(14(17)18)2-3-12(15)13(11)16/h2-5,7-8H,6H2,1H3,(H,17,18). The van der Waals surface area contributed by atoms with Gasteiger partial charge in [0.25, 0.3) is 0 Å². The zero-order valence-corrected chi connectivity index (χ0v) is 12.2. The average molecular weight is 314 g/mol. The molecule has 1 atom stereocenters. The molecule has 106 valence electrons. The lowest BCUT2D eigenvalue weighted by Crippen LogP contribution is -2.11. The monoisotopic (exact) mass is 314 g/mol. The molecule has 0 bridgehead atoms. The number of benzene rings is 1. The van der Waals surface area contributed by atoms with E-state index in [0.29, 0.717) is 0 Å². The van der Waals surface area contributed by atoms with Crippen LogP contribution in [0.1, 0.15) is 22.8 Å². The number of thiophene rings is 1. The fourth-order valence-corrected chi connectivity index (χ4v) is 3.73. The Hall–Kier alpha value is -1.40. The summed E-state index contributed by atoms with van der Waals surface area (Å²) in [6, 6.07) is 3.89. The molecular weight excluding hydrogens is 302 g/mol. The summed E-state index contributed by atoms with van der Waals surface area (Å²) in [5, 5.41) is 12.9. The van der Waals surface area contributed by atoms with Gasteiger partial charge in [-0.2, -0.15) is 11.3 Å². The minimum atomic E-state index is -1.24. The first kappa shape index (κ1) is 15.0. The van der Waals surface area contributed by atoms with E-state index in [0.717, 1.165) is 17.0 Å². The summed E-state index contributed by atoms with van der Waals surface area (Å²) in [5.41, 5.74) is -0.255. The highest BCUT2D eigenvalue weighted by atomic mass is 32.2. The van der Waals surface area contributed by atoms with Crippen molar-refractivity contribution >= 4 is 29.1 Å². The fourth-order valence-electron chi connectivity index (χ4n) is 1.87. The van der Waals surface area contributed by atoms with E-state index in [1.54, 1.807) is 11.3 Å². The Kier molecular flexibility index (Phi) is 4.77. The molecule has 1 heterocycles. The van der Waals surface area contributed by atoms with Gasteiger partial charge in [-0.25, -0.2) is 13.6 Å². The molecule has 0 aliphatic rings. The number of aromatic carboxylic acids is 1. The minimum Gasteiger partial charge on any atom is -0.478 e. The van der Waals surface area contributed by atoms with Gasteiger partial charge >= 0.3 is 5.97 Å². The van der Waals surface area contributed by atoms with E-state index in [9.17, 15) is 13.6 Å². The lowest BCUT2D eigenvalue weighted by atomic mass is 10.0. The quantitative estimate of drug-likeness (QED) is 0.829. The second-order valence-corrected chi connectivity index (χ2v) is 6.58. The van der Waals surface area contributed by atoms with Crippen molar-refractivity contribution in [3.05, 3.63) is 51.7 Å². The van der Waals surface area contributed by atoms with Crippen LogP contribution in [0.15, 0.2) is 33.9 Å². The second kappa shape index (κ2) is 6.37. The normalized spacial score (nSPS) is 12.3. The van der Waals surface area contributed by atoms with Crippen LogP contribution in [-0.4, -0.2) is 16.3 Å². The van der Waals surface area contributed by atoms with Crippen LogP contribution in [0.25, 0.3) is 0 Å². The minimum absolute atomic E-state index is 0.0565. The Morgan fingerprint density at radius 3 is 2.75 bits per heavy atom. The summed E-state index contributed by atoms with van der Waals surface area (Å²) in [7, 11) is 0. The molecule has 1 N–H and O–H groups in total. The summed E-state index contributed by atoms with van der Waals surface area (Å²) in [5.74, 6) is -3.33. The molecule has 2 rings (SSSR count). The summed E-state index contributed by atoms with van der Waals surface area (Å²) >= 11 is 3.06. The molecule has 0 amide bonds. The summed E-state index contributed by atoms with van der Waals surface area (Å²) in [4.78, 5) is 12.1. The number of rotatable bonds is 5. The van der Waals surface area contributed by atoms with Crippen LogP contribution in [-0.2, 0) is 6.42 Å². The summed E-state index contributed by atoms with van der Waals surface area (Å²) in [6.45, 7) is 1.86. The van der Waals surface area contributed by atoms with E-state index < -0.39 is 17.6 Å². The Morgan fingerprint density at radius 2 is 2.15 bits per heavy atom. The third-order valence-electron chi connectivity index (χ3n) is 2.75. The van der Waals surface area contributed by atoms with Gasteiger partial charge in [0, 0.05) is 21.1 Å².